The third kappa shape index (κ3) is 3.17. The van der Waals surface area contributed by atoms with Gasteiger partial charge in [0.05, 0.1) is 6.04 Å². The van der Waals surface area contributed by atoms with Crippen LogP contribution in [0, 0.1) is 19.7 Å². The summed E-state index contributed by atoms with van der Waals surface area (Å²) in [5, 5.41) is 0. The number of aryl methyl sites for hydroxylation is 2. The predicted octanol–water partition coefficient (Wildman–Crippen LogP) is 3.58. The van der Waals surface area contributed by atoms with E-state index in [4.69, 9.17) is 5.73 Å². The Morgan fingerprint density at radius 3 is 2.30 bits per heavy atom. The van der Waals surface area contributed by atoms with Crippen molar-refractivity contribution < 1.29 is 4.39 Å². The zero-order valence-corrected chi connectivity index (χ0v) is 12.2. The molecule has 0 bridgehead atoms. The standard InChI is InChI=1S/C17H21FN2/c1-12-7-13(2)9-14(8-12)17(11-19)20(3)16-6-4-5-15(18)10-16/h4-10,17H,11,19H2,1-3H3. The topological polar surface area (TPSA) is 29.3 Å². The number of nitrogens with zero attached hydrogens (tertiary/aromatic N) is 1. The molecule has 2 N–H and O–H groups in total. The Morgan fingerprint density at radius 2 is 1.75 bits per heavy atom. The molecule has 0 aliphatic rings. The van der Waals surface area contributed by atoms with E-state index in [1.807, 2.05) is 18.0 Å². The Bertz CT molecular complexity index is 575. The highest BCUT2D eigenvalue weighted by molar-refractivity contribution is 5.49. The van der Waals surface area contributed by atoms with E-state index in [0.29, 0.717) is 6.54 Å². The summed E-state index contributed by atoms with van der Waals surface area (Å²) >= 11 is 0. The quantitative estimate of drug-likeness (QED) is 0.921. The second kappa shape index (κ2) is 6.06. The maximum Gasteiger partial charge on any atom is 0.125 e. The number of anilines is 1. The van der Waals surface area contributed by atoms with Crippen LogP contribution in [0.1, 0.15) is 22.7 Å². The smallest absolute Gasteiger partial charge is 0.125 e. The van der Waals surface area contributed by atoms with Crippen LogP contribution in [0.15, 0.2) is 42.5 Å². The number of hydrogen-bond donors (Lipinski definition) is 1. The molecule has 20 heavy (non-hydrogen) atoms. The summed E-state index contributed by atoms with van der Waals surface area (Å²) in [5.41, 5.74) is 10.4. The number of likely N-dealkylation sites (N-methyl/N-ethyl adjacent to an activating group) is 1. The van der Waals surface area contributed by atoms with Crippen molar-refractivity contribution in [2.45, 2.75) is 19.9 Å². The van der Waals surface area contributed by atoms with Crippen LogP contribution in [-0.4, -0.2) is 13.6 Å². The van der Waals surface area contributed by atoms with Crippen LogP contribution in [0.25, 0.3) is 0 Å². The van der Waals surface area contributed by atoms with Gasteiger partial charge in [-0.2, -0.15) is 0 Å². The molecule has 1 unspecified atom stereocenters. The molecule has 2 rings (SSSR count). The highest BCUT2D eigenvalue weighted by atomic mass is 19.1. The van der Waals surface area contributed by atoms with Crippen molar-refractivity contribution in [1.29, 1.82) is 0 Å². The average molecular weight is 272 g/mol. The number of halogens is 1. The van der Waals surface area contributed by atoms with Crippen molar-refractivity contribution >= 4 is 5.69 Å². The number of benzene rings is 2. The number of nitrogens with two attached hydrogens (primary N) is 1. The van der Waals surface area contributed by atoms with E-state index < -0.39 is 0 Å². The van der Waals surface area contributed by atoms with E-state index in [2.05, 4.69) is 32.0 Å². The fraction of sp³-hybridized carbons (Fsp3) is 0.294. The van der Waals surface area contributed by atoms with Gasteiger partial charge >= 0.3 is 0 Å². The van der Waals surface area contributed by atoms with Crippen molar-refractivity contribution in [2.24, 2.45) is 5.73 Å². The summed E-state index contributed by atoms with van der Waals surface area (Å²) in [6.07, 6.45) is 0. The highest BCUT2D eigenvalue weighted by Gasteiger charge is 2.17. The van der Waals surface area contributed by atoms with Crippen molar-refractivity contribution in [3.8, 4) is 0 Å². The molecule has 0 amide bonds. The zero-order valence-electron chi connectivity index (χ0n) is 12.2. The fourth-order valence-electron chi connectivity index (χ4n) is 2.60. The predicted molar refractivity (Wildman–Crippen MR) is 82.5 cm³/mol. The summed E-state index contributed by atoms with van der Waals surface area (Å²) in [7, 11) is 1.95. The average Bonchev–Trinajstić information content (AvgIpc) is 2.38. The maximum atomic E-state index is 13.4. The van der Waals surface area contributed by atoms with Crippen molar-refractivity contribution in [3.63, 3.8) is 0 Å². The molecule has 0 heterocycles. The minimum Gasteiger partial charge on any atom is -0.366 e. The number of rotatable bonds is 4. The van der Waals surface area contributed by atoms with Crippen LogP contribution in [0.5, 0.6) is 0 Å². The van der Waals surface area contributed by atoms with Gasteiger partial charge in [-0.1, -0.05) is 35.4 Å². The van der Waals surface area contributed by atoms with Gasteiger partial charge in [-0.05, 0) is 37.6 Å². The van der Waals surface area contributed by atoms with Crippen molar-refractivity contribution in [1.82, 2.24) is 0 Å². The highest BCUT2D eigenvalue weighted by Crippen LogP contribution is 2.26. The monoisotopic (exact) mass is 272 g/mol. The molecule has 0 saturated heterocycles. The lowest BCUT2D eigenvalue weighted by Gasteiger charge is -2.30. The summed E-state index contributed by atoms with van der Waals surface area (Å²) in [4.78, 5) is 2.03. The Labute approximate surface area is 120 Å². The maximum absolute atomic E-state index is 13.4. The van der Waals surface area contributed by atoms with Crippen LogP contribution >= 0.6 is 0 Å². The molecule has 0 aliphatic heterocycles. The molecular weight excluding hydrogens is 251 g/mol. The van der Waals surface area contributed by atoms with E-state index >= 15 is 0 Å². The van der Waals surface area contributed by atoms with Gasteiger partial charge in [-0.3, -0.25) is 0 Å². The molecule has 1 atom stereocenters. The van der Waals surface area contributed by atoms with Crippen LogP contribution in [-0.2, 0) is 0 Å². The molecule has 0 radical (unpaired) electrons. The summed E-state index contributed by atoms with van der Waals surface area (Å²) in [6.45, 7) is 4.63. The van der Waals surface area contributed by atoms with E-state index in [-0.39, 0.29) is 11.9 Å². The SMILES string of the molecule is Cc1cc(C)cc(C(CN)N(C)c2cccc(F)c2)c1. The lowest BCUT2D eigenvalue weighted by Crippen LogP contribution is -2.30. The first-order chi connectivity index (χ1) is 9.51. The molecule has 0 fully saturated rings. The fourth-order valence-corrected chi connectivity index (χ4v) is 2.60. The van der Waals surface area contributed by atoms with Crippen molar-refractivity contribution in [3.05, 3.63) is 65.0 Å². The van der Waals surface area contributed by atoms with Gasteiger partial charge in [0.15, 0.2) is 0 Å². The molecule has 3 heteroatoms. The van der Waals surface area contributed by atoms with Gasteiger partial charge < -0.3 is 10.6 Å². The minimum absolute atomic E-state index is 0.0374. The Kier molecular flexibility index (Phi) is 4.40. The van der Waals surface area contributed by atoms with E-state index in [9.17, 15) is 4.39 Å². The Morgan fingerprint density at radius 1 is 1.10 bits per heavy atom. The normalized spacial score (nSPS) is 12.2. The van der Waals surface area contributed by atoms with Crippen LogP contribution in [0.2, 0.25) is 0 Å². The molecule has 2 aromatic carbocycles. The number of hydrogen-bond acceptors (Lipinski definition) is 2. The Balaban J connectivity index is 2.36. The van der Waals surface area contributed by atoms with Crippen molar-refractivity contribution in [2.75, 3.05) is 18.5 Å². The van der Waals surface area contributed by atoms with Crippen LogP contribution in [0.3, 0.4) is 0 Å². The summed E-state index contributed by atoms with van der Waals surface area (Å²) in [6, 6.07) is 13.1. The van der Waals surface area contributed by atoms with E-state index in [1.165, 1.54) is 23.3 Å². The lowest BCUT2D eigenvalue weighted by molar-refractivity contribution is 0.623. The summed E-state index contributed by atoms with van der Waals surface area (Å²) in [5.74, 6) is -0.231. The molecule has 0 aromatic heterocycles. The molecular formula is C17H21FN2. The van der Waals surface area contributed by atoms with Gasteiger partial charge in [0.25, 0.3) is 0 Å². The molecule has 2 nitrogen and oxygen atoms in total. The third-order valence-corrected chi connectivity index (χ3v) is 3.54. The molecule has 106 valence electrons. The molecule has 0 spiro atoms. The second-order valence-electron chi connectivity index (χ2n) is 5.26. The van der Waals surface area contributed by atoms with Gasteiger partial charge in [0, 0.05) is 19.3 Å². The zero-order chi connectivity index (χ0) is 14.7. The first-order valence-electron chi connectivity index (χ1n) is 6.78. The van der Waals surface area contributed by atoms with Gasteiger partial charge in [0.2, 0.25) is 0 Å². The second-order valence-corrected chi connectivity index (χ2v) is 5.26. The van der Waals surface area contributed by atoms with Crippen LogP contribution < -0.4 is 10.6 Å². The van der Waals surface area contributed by atoms with Gasteiger partial charge in [-0.15, -0.1) is 0 Å². The minimum atomic E-state index is -0.231. The first kappa shape index (κ1) is 14.5. The van der Waals surface area contributed by atoms with Crippen LogP contribution in [0.4, 0.5) is 10.1 Å². The summed E-state index contributed by atoms with van der Waals surface area (Å²) < 4.78 is 13.4. The molecule has 0 saturated carbocycles. The van der Waals surface area contributed by atoms with E-state index in [1.54, 1.807) is 6.07 Å². The van der Waals surface area contributed by atoms with Gasteiger partial charge in [0.1, 0.15) is 5.82 Å². The first-order valence-corrected chi connectivity index (χ1v) is 6.78. The molecule has 2 aromatic rings. The van der Waals surface area contributed by atoms with E-state index in [0.717, 1.165) is 11.3 Å². The van der Waals surface area contributed by atoms with Gasteiger partial charge in [-0.25, -0.2) is 4.39 Å². The Hall–Kier alpha value is -1.87. The molecule has 0 aliphatic carbocycles. The largest absolute Gasteiger partial charge is 0.366 e. The third-order valence-electron chi connectivity index (χ3n) is 3.54. The lowest BCUT2D eigenvalue weighted by atomic mass is 10.00.